The molecular formula is C15H22N2O2. The zero-order chi connectivity index (χ0) is 14.3. The minimum atomic E-state index is -0.499. The molecule has 19 heavy (non-hydrogen) atoms. The van der Waals surface area contributed by atoms with Crippen molar-refractivity contribution in [2.45, 2.75) is 44.4 Å². The van der Waals surface area contributed by atoms with Crippen molar-refractivity contribution in [1.82, 2.24) is 5.43 Å². The van der Waals surface area contributed by atoms with E-state index in [2.05, 4.69) is 38.3 Å². The van der Waals surface area contributed by atoms with E-state index in [0.29, 0.717) is 0 Å². The molecule has 0 aromatic heterocycles. The standard InChI is InChI=1S/C15H22N2O2/c1-14(2,3)10-5-6-12(19-4)11(9-10)15(7-8-15)13(18)17-16/h5-6,9H,7-8,16H2,1-4H3,(H,17,18). The second kappa shape index (κ2) is 4.53. The van der Waals surface area contributed by atoms with Crippen molar-refractivity contribution in [1.29, 1.82) is 0 Å². The van der Waals surface area contributed by atoms with Gasteiger partial charge in [0.15, 0.2) is 0 Å². The van der Waals surface area contributed by atoms with Crippen LogP contribution in [0.4, 0.5) is 0 Å². The second-order valence-electron chi connectivity index (χ2n) is 6.22. The Kier molecular flexibility index (Phi) is 3.31. The fraction of sp³-hybridized carbons (Fsp3) is 0.533. The van der Waals surface area contributed by atoms with Crippen LogP contribution in [0.15, 0.2) is 18.2 Å². The number of benzene rings is 1. The molecular weight excluding hydrogens is 240 g/mol. The molecule has 0 spiro atoms. The van der Waals surface area contributed by atoms with Crippen LogP contribution in [-0.4, -0.2) is 13.0 Å². The molecule has 1 fully saturated rings. The SMILES string of the molecule is COc1ccc(C(C)(C)C)cc1C1(C(=O)NN)CC1. The third kappa shape index (κ3) is 2.32. The number of nitrogens with one attached hydrogen (secondary N) is 1. The first-order valence-electron chi connectivity index (χ1n) is 6.55. The molecule has 0 atom stereocenters. The average molecular weight is 262 g/mol. The molecule has 1 aromatic rings. The molecule has 3 N–H and O–H groups in total. The van der Waals surface area contributed by atoms with E-state index in [0.717, 1.165) is 24.2 Å². The first kappa shape index (κ1) is 13.9. The van der Waals surface area contributed by atoms with E-state index >= 15 is 0 Å². The van der Waals surface area contributed by atoms with Gasteiger partial charge in [0.2, 0.25) is 5.91 Å². The van der Waals surface area contributed by atoms with Crippen LogP contribution in [-0.2, 0) is 15.6 Å². The average Bonchev–Trinajstić information content (AvgIpc) is 3.17. The first-order valence-corrected chi connectivity index (χ1v) is 6.55. The summed E-state index contributed by atoms with van der Waals surface area (Å²) in [5, 5.41) is 0. The summed E-state index contributed by atoms with van der Waals surface area (Å²) in [6, 6.07) is 6.08. The molecule has 4 nitrogen and oxygen atoms in total. The van der Waals surface area contributed by atoms with E-state index in [4.69, 9.17) is 10.6 Å². The fourth-order valence-electron chi connectivity index (χ4n) is 2.43. The van der Waals surface area contributed by atoms with Crippen LogP contribution < -0.4 is 16.0 Å². The number of ether oxygens (including phenoxy) is 1. The number of carbonyl (C=O) groups is 1. The summed E-state index contributed by atoms with van der Waals surface area (Å²) in [5.41, 5.74) is 3.96. The summed E-state index contributed by atoms with van der Waals surface area (Å²) >= 11 is 0. The molecule has 0 saturated heterocycles. The smallest absolute Gasteiger partial charge is 0.244 e. The first-order chi connectivity index (χ1) is 8.85. The van der Waals surface area contributed by atoms with Gasteiger partial charge in [0.25, 0.3) is 0 Å². The molecule has 0 unspecified atom stereocenters. The molecule has 4 heteroatoms. The zero-order valence-corrected chi connectivity index (χ0v) is 12.0. The zero-order valence-electron chi connectivity index (χ0n) is 12.0. The Morgan fingerprint density at radius 1 is 1.37 bits per heavy atom. The number of hydrogen-bond donors (Lipinski definition) is 2. The Morgan fingerprint density at radius 3 is 2.42 bits per heavy atom. The van der Waals surface area contributed by atoms with Gasteiger partial charge in [0.1, 0.15) is 5.75 Å². The molecule has 1 aromatic carbocycles. The summed E-state index contributed by atoms with van der Waals surface area (Å²) < 4.78 is 5.41. The van der Waals surface area contributed by atoms with Gasteiger partial charge >= 0.3 is 0 Å². The predicted octanol–water partition coefficient (Wildman–Crippen LogP) is 2.01. The normalized spacial score (nSPS) is 16.9. The van der Waals surface area contributed by atoms with Crippen molar-refractivity contribution < 1.29 is 9.53 Å². The van der Waals surface area contributed by atoms with Gasteiger partial charge in [-0.25, -0.2) is 5.84 Å². The third-order valence-electron chi connectivity index (χ3n) is 3.90. The van der Waals surface area contributed by atoms with Crippen molar-refractivity contribution in [2.75, 3.05) is 7.11 Å². The molecule has 1 saturated carbocycles. The van der Waals surface area contributed by atoms with E-state index < -0.39 is 5.41 Å². The number of methoxy groups -OCH3 is 1. The maximum Gasteiger partial charge on any atom is 0.244 e. The van der Waals surface area contributed by atoms with Crippen LogP contribution in [0.3, 0.4) is 0 Å². The van der Waals surface area contributed by atoms with Gasteiger partial charge in [0.05, 0.1) is 12.5 Å². The van der Waals surface area contributed by atoms with Gasteiger partial charge in [-0.05, 0) is 29.9 Å². The molecule has 0 radical (unpaired) electrons. The third-order valence-corrected chi connectivity index (χ3v) is 3.90. The van der Waals surface area contributed by atoms with Gasteiger partial charge in [-0.1, -0.05) is 32.9 Å². The van der Waals surface area contributed by atoms with Crippen LogP contribution >= 0.6 is 0 Å². The highest BCUT2D eigenvalue weighted by Crippen LogP contribution is 2.52. The number of nitrogens with two attached hydrogens (primary N) is 1. The summed E-state index contributed by atoms with van der Waals surface area (Å²) in [6.45, 7) is 6.46. The maximum absolute atomic E-state index is 12.0. The maximum atomic E-state index is 12.0. The fourth-order valence-corrected chi connectivity index (χ4v) is 2.43. The van der Waals surface area contributed by atoms with Crippen LogP contribution in [0.1, 0.15) is 44.7 Å². The van der Waals surface area contributed by atoms with E-state index in [1.165, 1.54) is 5.56 Å². The van der Waals surface area contributed by atoms with E-state index in [1.807, 2.05) is 6.07 Å². The minimum Gasteiger partial charge on any atom is -0.496 e. The number of amides is 1. The molecule has 104 valence electrons. The Bertz CT molecular complexity index is 499. The van der Waals surface area contributed by atoms with Crippen molar-refractivity contribution >= 4 is 5.91 Å². The highest BCUT2D eigenvalue weighted by atomic mass is 16.5. The lowest BCUT2D eigenvalue weighted by Gasteiger charge is -2.24. The number of hydrazine groups is 1. The number of hydrogen-bond acceptors (Lipinski definition) is 3. The quantitative estimate of drug-likeness (QED) is 0.497. The van der Waals surface area contributed by atoms with Crippen LogP contribution in [0.5, 0.6) is 5.75 Å². The molecule has 0 heterocycles. The van der Waals surface area contributed by atoms with Crippen molar-refractivity contribution in [3.63, 3.8) is 0 Å². The van der Waals surface area contributed by atoms with E-state index in [9.17, 15) is 4.79 Å². The van der Waals surface area contributed by atoms with Crippen molar-refractivity contribution in [2.24, 2.45) is 5.84 Å². The molecule has 1 aliphatic carbocycles. The summed E-state index contributed by atoms with van der Waals surface area (Å²) in [6.07, 6.45) is 1.64. The Hall–Kier alpha value is -1.55. The summed E-state index contributed by atoms with van der Waals surface area (Å²) in [4.78, 5) is 12.0. The Balaban J connectivity index is 2.52. The molecule has 1 amide bonds. The second-order valence-corrected chi connectivity index (χ2v) is 6.22. The van der Waals surface area contributed by atoms with Crippen LogP contribution in [0, 0.1) is 0 Å². The minimum absolute atomic E-state index is 0.0380. The van der Waals surface area contributed by atoms with Crippen LogP contribution in [0.25, 0.3) is 0 Å². The topological polar surface area (TPSA) is 64.3 Å². The van der Waals surface area contributed by atoms with E-state index in [-0.39, 0.29) is 11.3 Å². The molecule has 2 rings (SSSR count). The lowest BCUT2D eigenvalue weighted by molar-refractivity contribution is -0.123. The van der Waals surface area contributed by atoms with Crippen molar-refractivity contribution in [3.05, 3.63) is 29.3 Å². The van der Waals surface area contributed by atoms with Gasteiger partial charge in [0, 0.05) is 5.56 Å². The summed E-state index contributed by atoms with van der Waals surface area (Å²) in [5.74, 6) is 5.94. The Morgan fingerprint density at radius 2 is 2.00 bits per heavy atom. The largest absolute Gasteiger partial charge is 0.496 e. The van der Waals surface area contributed by atoms with E-state index in [1.54, 1.807) is 7.11 Å². The van der Waals surface area contributed by atoms with Gasteiger partial charge in [-0.3, -0.25) is 10.2 Å². The predicted molar refractivity (Wildman–Crippen MR) is 74.9 cm³/mol. The Labute approximate surface area is 114 Å². The lowest BCUT2D eigenvalue weighted by Crippen LogP contribution is -2.39. The molecule has 0 bridgehead atoms. The van der Waals surface area contributed by atoms with Crippen molar-refractivity contribution in [3.8, 4) is 5.75 Å². The molecule has 1 aliphatic rings. The molecule has 0 aliphatic heterocycles. The van der Waals surface area contributed by atoms with Gasteiger partial charge in [-0.2, -0.15) is 0 Å². The lowest BCUT2D eigenvalue weighted by atomic mass is 9.83. The number of rotatable bonds is 3. The van der Waals surface area contributed by atoms with Crippen LogP contribution in [0.2, 0.25) is 0 Å². The monoisotopic (exact) mass is 262 g/mol. The van der Waals surface area contributed by atoms with Gasteiger partial charge in [-0.15, -0.1) is 0 Å². The summed E-state index contributed by atoms with van der Waals surface area (Å²) in [7, 11) is 1.63. The highest BCUT2D eigenvalue weighted by Gasteiger charge is 2.52. The van der Waals surface area contributed by atoms with Gasteiger partial charge < -0.3 is 4.74 Å². The highest BCUT2D eigenvalue weighted by molar-refractivity contribution is 5.91. The number of carbonyl (C=O) groups excluding carboxylic acids is 1.